The minimum absolute atomic E-state index is 0.0552. The molecule has 82 valence electrons. The monoisotopic (exact) mass is 207 g/mol. The van der Waals surface area contributed by atoms with E-state index in [1.807, 2.05) is 13.8 Å². The highest BCUT2D eigenvalue weighted by Gasteiger charge is 2.29. The van der Waals surface area contributed by atoms with Gasteiger partial charge in [-0.15, -0.1) is 0 Å². The van der Waals surface area contributed by atoms with Crippen LogP contribution in [0.4, 0.5) is 0 Å². The topological polar surface area (TPSA) is 71.8 Å². The summed E-state index contributed by atoms with van der Waals surface area (Å²) in [6.07, 6.45) is 2.24. The Labute approximate surface area is 88.9 Å². The number of rotatable bonds is 2. The van der Waals surface area contributed by atoms with Crippen LogP contribution in [0.1, 0.15) is 49.7 Å². The number of nitrogens with two attached hydrogens (primary N) is 1. The molecule has 1 aromatic rings. The van der Waals surface area contributed by atoms with Gasteiger partial charge in [-0.25, -0.2) is 4.98 Å². The molecule has 1 aliphatic carbocycles. The molecule has 1 aromatic heterocycles. The molecule has 1 aliphatic rings. The van der Waals surface area contributed by atoms with Gasteiger partial charge in [0.05, 0.1) is 11.2 Å². The summed E-state index contributed by atoms with van der Waals surface area (Å²) in [5, 5.41) is 0. The average molecular weight is 207 g/mol. The van der Waals surface area contributed by atoms with E-state index in [1.54, 1.807) is 6.92 Å². The molecule has 1 saturated carbocycles. The van der Waals surface area contributed by atoms with Crippen LogP contribution in [0, 0.1) is 6.92 Å². The van der Waals surface area contributed by atoms with E-state index in [-0.39, 0.29) is 5.56 Å². The minimum atomic E-state index is -0.554. The molecule has 4 nitrogen and oxygen atoms in total. The van der Waals surface area contributed by atoms with Crippen molar-refractivity contribution in [3.63, 3.8) is 0 Å². The van der Waals surface area contributed by atoms with E-state index in [0.29, 0.717) is 17.2 Å². The van der Waals surface area contributed by atoms with Gasteiger partial charge in [-0.1, -0.05) is 0 Å². The molecule has 2 rings (SSSR count). The Morgan fingerprint density at radius 2 is 2.07 bits per heavy atom. The molecular weight excluding hydrogens is 190 g/mol. The second kappa shape index (κ2) is 3.17. The van der Waals surface area contributed by atoms with Gasteiger partial charge in [-0.05, 0) is 33.6 Å². The maximum absolute atomic E-state index is 11.7. The highest BCUT2D eigenvalue weighted by atomic mass is 16.1. The predicted octanol–water partition coefficient (Wildman–Crippen LogP) is 1.15. The van der Waals surface area contributed by atoms with Crippen molar-refractivity contribution in [2.24, 2.45) is 5.73 Å². The molecule has 4 heteroatoms. The van der Waals surface area contributed by atoms with E-state index >= 15 is 0 Å². The first kappa shape index (κ1) is 10.4. The lowest BCUT2D eigenvalue weighted by Crippen LogP contribution is -2.34. The Bertz CT molecular complexity index is 438. The standard InChI is InChI=1S/C11H17N3O/c1-6-8(11(2,3)12)13-9(7-4-5-7)14-10(6)15/h7H,4-5,12H2,1-3H3,(H,13,14,15). The Hall–Kier alpha value is -1.16. The van der Waals surface area contributed by atoms with Crippen LogP contribution in [0.25, 0.3) is 0 Å². The number of hydrogen-bond donors (Lipinski definition) is 2. The largest absolute Gasteiger partial charge is 0.321 e. The van der Waals surface area contributed by atoms with Gasteiger partial charge in [0.25, 0.3) is 5.56 Å². The lowest BCUT2D eigenvalue weighted by Gasteiger charge is -2.20. The van der Waals surface area contributed by atoms with Gasteiger partial charge in [0.15, 0.2) is 0 Å². The number of H-pyrrole nitrogens is 1. The molecule has 15 heavy (non-hydrogen) atoms. The van der Waals surface area contributed by atoms with Gasteiger partial charge in [0.1, 0.15) is 5.82 Å². The molecule has 0 spiro atoms. The molecule has 0 unspecified atom stereocenters. The number of hydrogen-bond acceptors (Lipinski definition) is 3. The summed E-state index contributed by atoms with van der Waals surface area (Å²) in [7, 11) is 0. The first-order valence-corrected chi connectivity index (χ1v) is 5.30. The van der Waals surface area contributed by atoms with Gasteiger partial charge >= 0.3 is 0 Å². The maximum atomic E-state index is 11.7. The fourth-order valence-electron chi connectivity index (χ4n) is 1.73. The van der Waals surface area contributed by atoms with Crippen molar-refractivity contribution in [1.29, 1.82) is 0 Å². The second-order valence-corrected chi connectivity index (χ2v) is 4.92. The summed E-state index contributed by atoms with van der Waals surface area (Å²) in [5.41, 5.74) is 6.74. The second-order valence-electron chi connectivity index (χ2n) is 4.92. The molecule has 0 saturated heterocycles. The van der Waals surface area contributed by atoms with Crippen LogP contribution in [0.3, 0.4) is 0 Å². The van der Waals surface area contributed by atoms with Gasteiger partial charge in [-0.3, -0.25) is 4.79 Å². The molecule has 1 fully saturated rings. The van der Waals surface area contributed by atoms with Gasteiger partial charge in [0, 0.05) is 11.5 Å². The number of nitrogens with zero attached hydrogens (tertiary/aromatic N) is 1. The Morgan fingerprint density at radius 3 is 2.53 bits per heavy atom. The fraction of sp³-hybridized carbons (Fsp3) is 0.636. The number of nitrogens with one attached hydrogen (secondary N) is 1. The third kappa shape index (κ3) is 1.95. The van der Waals surface area contributed by atoms with Gasteiger partial charge < -0.3 is 10.7 Å². The third-order valence-electron chi connectivity index (χ3n) is 2.74. The lowest BCUT2D eigenvalue weighted by atomic mass is 9.98. The number of aromatic amines is 1. The van der Waals surface area contributed by atoms with Gasteiger partial charge in [0.2, 0.25) is 0 Å². The van der Waals surface area contributed by atoms with Crippen LogP contribution in [-0.2, 0) is 5.54 Å². The molecule has 3 N–H and O–H groups in total. The van der Waals surface area contributed by atoms with E-state index in [2.05, 4.69) is 9.97 Å². The van der Waals surface area contributed by atoms with E-state index in [0.717, 1.165) is 18.7 Å². The average Bonchev–Trinajstić information content (AvgIpc) is 2.90. The predicted molar refractivity (Wildman–Crippen MR) is 58.8 cm³/mol. The highest BCUT2D eigenvalue weighted by molar-refractivity contribution is 5.24. The van der Waals surface area contributed by atoms with Crippen LogP contribution >= 0.6 is 0 Å². The van der Waals surface area contributed by atoms with Crippen LogP contribution in [-0.4, -0.2) is 9.97 Å². The summed E-state index contributed by atoms with van der Waals surface area (Å²) in [6, 6.07) is 0. The van der Waals surface area contributed by atoms with Crippen LogP contribution in [0.15, 0.2) is 4.79 Å². The summed E-state index contributed by atoms with van der Waals surface area (Å²) >= 11 is 0. The molecule has 1 heterocycles. The summed E-state index contributed by atoms with van der Waals surface area (Å²) in [4.78, 5) is 19.0. The van der Waals surface area contributed by atoms with Gasteiger partial charge in [-0.2, -0.15) is 0 Å². The fourth-order valence-corrected chi connectivity index (χ4v) is 1.73. The van der Waals surface area contributed by atoms with Crippen LogP contribution in [0.5, 0.6) is 0 Å². The van der Waals surface area contributed by atoms with Crippen molar-refractivity contribution < 1.29 is 0 Å². The summed E-state index contributed by atoms with van der Waals surface area (Å²) in [6.45, 7) is 5.52. The van der Waals surface area contributed by atoms with Crippen molar-refractivity contribution in [1.82, 2.24) is 9.97 Å². The van der Waals surface area contributed by atoms with E-state index in [4.69, 9.17) is 5.73 Å². The normalized spacial score (nSPS) is 16.8. The van der Waals surface area contributed by atoms with E-state index < -0.39 is 5.54 Å². The zero-order chi connectivity index (χ0) is 11.2. The summed E-state index contributed by atoms with van der Waals surface area (Å²) < 4.78 is 0. The molecule has 0 aromatic carbocycles. The molecule has 0 bridgehead atoms. The number of aromatic nitrogens is 2. The smallest absolute Gasteiger partial charge is 0.254 e. The van der Waals surface area contributed by atoms with Crippen molar-refractivity contribution in [3.05, 3.63) is 27.4 Å². The molecular formula is C11H17N3O. The zero-order valence-corrected chi connectivity index (χ0v) is 9.42. The summed E-state index contributed by atoms with van der Waals surface area (Å²) in [5.74, 6) is 1.25. The zero-order valence-electron chi connectivity index (χ0n) is 9.42. The Kier molecular flexibility index (Phi) is 2.19. The van der Waals surface area contributed by atoms with E-state index in [9.17, 15) is 4.79 Å². The van der Waals surface area contributed by atoms with Crippen LogP contribution in [0.2, 0.25) is 0 Å². The van der Waals surface area contributed by atoms with Crippen molar-refractivity contribution in [2.75, 3.05) is 0 Å². The first-order valence-electron chi connectivity index (χ1n) is 5.30. The molecule has 0 amide bonds. The van der Waals surface area contributed by atoms with Crippen molar-refractivity contribution in [3.8, 4) is 0 Å². The van der Waals surface area contributed by atoms with Crippen LogP contribution < -0.4 is 11.3 Å². The minimum Gasteiger partial charge on any atom is -0.321 e. The third-order valence-corrected chi connectivity index (χ3v) is 2.74. The van der Waals surface area contributed by atoms with Crippen molar-refractivity contribution in [2.45, 2.75) is 45.1 Å². The molecule has 0 aliphatic heterocycles. The maximum Gasteiger partial charge on any atom is 0.254 e. The molecule has 0 atom stereocenters. The van der Waals surface area contributed by atoms with Crippen molar-refractivity contribution >= 4 is 0 Å². The lowest BCUT2D eigenvalue weighted by molar-refractivity contribution is 0.523. The highest BCUT2D eigenvalue weighted by Crippen LogP contribution is 2.38. The Balaban J connectivity index is 2.57. The SMILES string of the molecule is Cc1c(C(C)(C)N)nc(C2CC2)[nH]c1=O. The molecule has 0 radical (unpaired) electrons. The first-order chi connectivity index (χ1) is 6.89. The van der Waals surface area contributed by atoms with E-state index in [1.165, 1.54) is 0 Å². The quantitative estimate of drug-likeness (QED) is 0.764. The Morgan fingerprint density at radius 1 is 1.47 bits per heavy atom.